The van der Waals surface area contributed by atoms with Crippen molar-refractivity contribution < 1.29 is 37.4 Å². The fourth-order valence-electron chi connectivity index (χ4n) is 1.67. The maximum atomic E-state index is 12.2. The first-order valence-corrected chi connectivity index (χ1v) is 6.03. The summed E-state index contributed by atoms with van der Waals surface area (Å²) in [6.07, 6.45) is -4.85. The Morgan fingerprint density at radius 3 is 2.57 bits per heavy atom. The van der Waals surface area contributed by atoms with Gasteiger partial charge in [-0.05, 0) is 24.3 Å². The quantitative estimate of drug-likeness (QED) is 0.818. The van der Waals surface area contributed by atoms with Crippen LogP contribution in [0.4, 0.5) is 13.2 Å². The van der Waals surface area contributed by atoms with Gasteiger partial charge in [-0.15, -0.1) is 13.2 Å². The molecule has 122 valence electrons. The number of halogens is 3. The summed E-state index contributed by atoms with van der Waals surface area (Å²) in [5.74, 6) is -2.88. The van der Waals surface area contributed by atoms with E-state index < -0.39 is 35.4 Å². The van der Waals surface area contributed by atoms with Crippen molar-refractivity contribution in [3.63, 3.8) is 0 Å². The molecule has 23 heavy (non-hydrogen) atoms. The number of fused-ring (bicyclic) bond motifs is 1. The molecule has 2 rings (SSSR count). The Morgan fingerprint density at radius 2 is 1.96 bits per heavy atom. The number of pyridine rings is 1. The van der Waals surface area contributed by atoms with E-state index in [1.165, 1.54) is 6.07 Å². The van der Waals surface area contributed by atoms with E-state index in [0.717, 1.165) is 25.1 Å². The number of aromatic hydroxyl groups is 1. The zero-order chi connectivity index (χ0) is 17.2. The zero-order valence-corrected chi connectivity index (χ0v) is 11.5. The van der Waals surface area contributed by atoms with Gasteiger partial charge in [0, 0.05) is 12.3 Å². The number of ether oxygens (including phenoxy) is 1. The number of nitrogens with one attached hydrogen (secondary N) is 1. The molecule has 0 unspecified atom stereocenters. The van der Waals surface area contributed by atoms with Crippen LogP contribution in [0.1, 0.15) is 17.4 Å². The van der Waals surface area contributed by atoms with Crippen LogP contribution in [0, 0.1) is 0 Å². The van der Waals surface area contributed by atoms with Crippen LogP contribution in [0.15, 0.2) is 24.3 Å². The maximum absolute atomic E-state index is 12.2. The topological polar surface area (TPSA) is 97.8 Å². The molecule has 0 aliphatic rings. The molecule has 0 spiro atoms. The Hall–Kier alpha value is -3.04. The average Bonchev–Trinajstić information content (AvgIpc) is 2.42. The molecule has 1 heterocycles. The molecule has 0 saturated carbocycles. The third kappa shape index (κ3) is 4.22. The minimum atomic E-state index is -4.85. The molecule has 0 aliphatic carbocycles. The fraction of sp³-hybridized carbons (Fsp3) is 0.154. The molecule has 2 N–H and O–H groups in total. The van der Waals surface area contributed by atoms with Crippen molar-refractivity contribution in [3.8, 4) is 11.5 Å². The number of aromatic nitrogens is 1. The molecular formula is C13H9F3N2O5. The van der Waals surface area contributed by atoms with E-state index in [-0.39, 0.29) is 10.9 Å². The number of nitrogens with zero attached hydrogens (tertiary/aromatic N) is 1. The first-order chi connectivity index (χ1) is 10.7. The molecule has 0 radical (unpaired) electrons. The van der Waals surface area contributed by atoms with E-state index >= 15 is 0 Å². The second kappa shape index (κ2) is 5.99. The van der Waals surface area contributed by atoms with Gasteiger partial charge in [-0.3, -0.25) is 9.59 Å². The van der Waals surface area contributed by atoms with Crippen molar-refractivity contribution >= 4 is 22.8 Å². The van der Waals surface area contributed by atoms with Crippen molar-refractivity contribution in [3.05, 3.63) is 30.0 Å². The summed E-state index contributed by atoms with van der Waals surface area (Å²) in [7, 11) is 0. The van der Waals surface area contributed by atoms with E-state index in [9.17, 15) is 27.9 Å². The van der Waals surface area contributed by atoms with E-state index in [0.29, 0.717) is 0 Å². The monoisotopic (exact) mass is 330 g/mol. The van der Waals surface area contributed by atoms with Crippen LogP contribution in [-0.4, -0.2) is 28.3 Å². The summed E-state index contributed by atoms with van der Waals surface area (Å²) in [4.78, 5) is 30.4. The molecule has 1 amide bonds. The molecule has 0 atom stereocenters. The first kappa shape index (κ1) is 16.3. The number of hydroxylamine groups is 1. The van der Waals surface area contributed by atoms with Crippen LogP contribution in [-0.2, 0) is 9.63 Å². The highest BCUT2D eigenvalue weighted by Gasteiger charge is 2.31. The average molecular weight is 330 g/mol. The largest absolute Gasteiger partial charge is 0.573 e. The predicted molar refractivity (Wildman–Crippen MR) is 69.3 cm³/mol. The summed E-state index contributed by atoms with van der Waals surface area (Å²) >= 11 is 0. The fourth-order valence-corrected chi connectivity index (χ4v) is 1.67. The van der Waals surface area contributed by atoms with Gasteiger partial charge in [0.05, 0.1) is 5.52 Å². The van der Waals surface area contributed by atoms with Crippen molar-refractivity contribution in [2.24, 2.45) is 0 Å². The number of carbonyl (C=O) groups is 2. The highest BCUT2D eigenvalue weighted by atomic mass is 19.4. The lowest BCUT2D eigenvalue weighted by Crippen LogP contribution is -2.26. The Bertz CT molecular complexity index is 776. The standard InChI is InChI=1S/C13H9F3N2O5/c1-6(19)23-18-12(21)11-10(20)5-7-4-8(22-13(14,15)16)2-3-9(7)17-11/h2-5,20H,1H3,(H,18,21). The molecule has 2 aromatic rings. The lowest BCUT2D eigenvalue weighted by molar-refractivity contribution is -0.274. The van der Waals surface area contributed by atoms with Crippen LogP contribution in [0.3, 0.4) is 0 Å². The van der Waals surface area contributed by atoms with Crippen LogP contribution in [0.2, 0.25) is 0 Å². The molecule has 0 bridgehead atoms. The van der Waals surface area contributed by atoms with Crippen LogP contribution >= 0.6 is 0 Å². The van der Waals surface area contributed by atoms with Gasteiger partial charge in [-0.1, -0.05) is 0 Å². The first-order valence-electron chi connectivity index (χ1n) is 6.03. The third-order valence-electron chi connectivity index (χ3n) is 2.50. The number of hydrogen-bond acceptors (Lipinski definition) is 6. The molecule has 0 saturated heterocycles. The second-order valence-electron chi connectivity index (χ2n) is 4.28. The van der Waals surface area contributed by atoms with Crippen LogP contribution < -0.4 is 10.2 Å². The number of alkyl halides is 3. The van der Waals surface area contributed by atoms with Crippen LogP contribution in [0.5, 0.6) is 11.5 Å². The lowest BCUT2D eigenvalue weighted by atomic mass is 10.1. The molecule has 7 nitrogen and oxygen atoms in total. The van der Waals surface area contributed by atoms with Gasteiger partial charge in [0.2, 0.25) is 0 Å². The Kier molecular flexibility index (Phi) is 4.25. The molecule has 1 aromatic heterocycles. The maximum Gasteiger partial charge on any atom is 0.573 e. The van der Waals surface area contributed by atoms with Crippen molar-refractivity contribution in [2.45, 2.75) is 13.3 Å². The van der Waals surface area contributed by atoms with Crippen LogP contribution in [0.25, 0.3) is 10.9 Å². The van der Waals surface area contributed by atoms with Crippen molar-refractivity contribution in [1.82, 2.24) is 10.5 Å². The van der Waals surface area contributed by atoms with Crippen molar-refractivity contribution in [1.29, 1.82) is 0 Å². The van der Waals surface area contributed by atoms with E-state index in [4.69, 9.17) is 0 Å². The summed E-state index contributed by atoms with van der Waals surface area (Å²) in [6, 6.07) is 4.23. The van der Waals surface area contributed by atoms with Gasteiger partial charge in [0.25, 0.3) is 0 Å². The van der Waals surface area contributed by atoms with Crippen molar-refractivity contribution in [2.75, 3.05) is 0 Å². The molecule has 10 heteroatoms. The Morgan fingerprint density at radius 1 is 1.26 bits per heavy atom. The SMILES string of the molecule is CC(=O)ONC(=O)c1nc2ccc(OC(F)(F)F)cc2cc1O. The van der Waals surface area contributed by atoms with E-state index in [2.05, 4.69) is 14.6 Å². The van der Waals surface area contributed by atoms with E-state index in [1.54, 1.807) is 5.48 Å². The third-order valence-corrected chi connectivity index (χ3v) is 2.50. The van der Waals surface area contributed by atoms with Gasteiger partial charge in [0.1, 0.15) is 11.5 Å². The highest BCUT2D eigenvalue weighted by molar-refractivity contribution is 5.97. The lowest BCUT2D eigenvalue weighted by Gasteiger charge is -2.10. The summed E-state index contributed by atoms with van der Waals surface area (Å²) in [5, 5.41) is 9.86. The molecule has 1 aromatic carbocycles. The van der Waals surface area contributed by atoms with Gasteiger partial charge in [-0.25, -0.2) is 4.98 Å². The Labute approximate surface area is 126 Å². The number of hydrogen-bond donors (Lipinski definition) is 2. The number of amides is 1. The second-order valence-corrected chi connectivity index (χ2v) is 4.28. The van der Waals surface area contributed by atoms with Gasteiger partial charge in [0.15, 0.2) is 5.69 Å². The minimum absolute atomic E-state index is 0.119. The number of benzene rings is 1. The summed E-state index contributed by atoms with van der Waals surface area (Å²) < 4.78 is 40.2. The molecule has 0 aliphatic heterocycles. The van der Waals surface area contributed by atoms with Gasteiger partial charge >= 0.3 is 18.2 Å². The Balaban J connectivity index is 2.33. The van der Waals surface area contributed by atoms with E-state index in [1.807, 2.05) is 0 Å². The summed E-state index contributed by atoms with van der Waals surface area (Å²) in [5.41, 5.74) is 1.44. The predicted octanol–water partition coefficient (Wildman–Crippen LogP) is 2.05. The number of carbonyl (C=O) groups excluding carboxylic acids is 2. The smallest absolute Gasteiger partial charge is 0.505 e. The molecular weight excluding hydrogens is 321 g/mol. The van der Waals surface area contributed by atoms with Gasteiger partial charge < -0.3 is 14.7 Å². The highest BCUT2D eigenvalue weighted by Crippen LogP contribution is 2.28. The molecule has 0 fully saturated rings. The summed E-state index contributed by atoms with van der Waals surface area (Å²) in [6.45, 7) is 1.05. The zero-order valence-electron chi connectivity index (χ0n) is 11.5. The minimum Gasteiger partial charge on any atom is -0.505 e. The van der Waals surface area contributed by atoms with Gasteiger partial charge in [-0.2, -0.15) is 5.48 Å². The number of rotatable bonds is 2. The normalized spacial score (nSPS) is 11.1.